The first-order chi connectivity index (χ1) is 12.5. The van der Waals surface area contributed by atoms with Crippen molar-refractivity contribution in [3.63, 3.8) is 0 Å². The van der Waals surface area contributed by atoms with Gasteiger partial charge in [0.2, 0.25) is 10.0 Å². The number of hydrogen-bond donors (Lipinski definition) is 1. The monoisotopic (exact) mass is 370 g/mol. The van der Waals surface area contributed by atoms with E-state index in [-0.39, 0.29) is 17.3 Å². The van der Waals surface area contributed by atoms with Crippen molar-refractivity contribution < 1.29 is 13.2 Å². The van der Waals surface area contributed by atoms with E-state index in [0.717, 1.165) is 12.0 Å². The Morgan fingerprint density at radius 1 is 1.15 bits per heavy atom. The summed E-state index contributed by atoms with van der Waals surface area (Å²) >= 11 is 0. The molecule has 1 N–H and O–H groups in total. The van der Waals surface area contributed by atoms with Gasteiger partial charge >= 0.3 is 0 Å². The zero-order chi connectivity index (χ0) is 19.0. The van der Waals surface area contributed by atoms with E-state index in [4.69, 9.17) is 6.42 Å². The van der Waals surface area contributed by atoms with Crippen LogP contribution in [0.2, 0.25) is 0 Å². The minimum atomic E-state index is -3.74. The lowest BCUT2D eigenvalue weighted by atomic mass is 10.1. The largest absolute Gasteiger partial charge is 0.334 e. The Bertz CT molecular complexity index is 887. The summed E-state index contributed by atoms with van der Waals surface area (Å²) in [5.41, 5.74) is 1.35. The van der Waals surface area contributed by atoms with Crippen molar-refractivity contribution >= 4 is 15.9 Å². The maximum absolute atomic E-state index is 12.9. The lowest BCUT2D eigenvalue weighted by molar-refractivity contribution is 0.0743. The number of carbonyl (C=O) groups excluding carboxylic acids is 1. The van der Waals surface area contributed by atoms with Gasteiger partial charge in [-0.3, -0.25) is 4.79 Å². The Hall–Kier alpha value is -2.62. The minimum absolute atomic E-state index is 0.0229. The molecule has 0 spiro atoms. The van der Waals surface area contributed by atoms with E-state index in [9.17, 15) is 13.2 Å². The average molecular weight is 370 g/mol. The van der Waals surface area contributed by atoms with Crippen LogP contribution in [0.5, 0.6) is 0 Å². The van der Waals surface area contributed by atoms with Crippen LogP contribution in [0.3, 0.4) is 0 Å². The van der Waals surface area contributed by atoms with Crippen LogP contribution in [0.4, 0.5) is 0 Å². The minimum Gasteiger partial charge on any atom is -0.334 e. The second-order valence-electron chi connectivity index (χ2n) is 5.77. The molecule has 0 saturated carbocycles. The fraction of sp³-hybridized carbons (Fsp3) is 0.250. The van der Waals surface area contributed by atoms with Crippen molar-refractivity contribution in [2.24, 2.45) is 0 Å². The van der Waals surface area contributed by atoms with E-state index in [1.165, 1.54) is 12.1 Å². The van der Waals surface area contributed by atoms with Gasteiger partial charge in [-0.05, 0) is 30.2 Å². The molecule has 26 heavy (non-hydrogen) atoms. The third-order valence-corrected chi connectivity index (χ3v) is 5.15. The number of carbonyl (C=O) groups is 1. The van der Waals surface area contributed by atoms with Crippen LogP contribution in [0.15, 0.2) is 59.5 Å². The first-order valence-electron chi connectivity index (χ1n) is 8.34. The Morgan fingerprint density at radius 2 is 1.88 bits per heavy atom. The molecule has 0 radical (unpaired) electrons. The number of nitrogens with zero attached hydrogens (tertiary/aromatic N) is 1. The molecule has 2 rings (SSSR count). The molecule has 0 aliphatic carbocycles. The summed E-state index contributed by atoms with van der Waals surface area (Å²) in [6, 6.07) is 15.7. The number of nitrogens with one attached hydrogen (secondary N) is 1. The molecule has 0 heterocycles. The van der Waals surface area contributed by atoms with Crippen LogP contribution >= 0.6 is 0 Å². The molecule has 0 unspecified atom stereocenters. The highest BCUT2D eigenvalue weighted by molar-refractivity contribution is 7.89. The number of amides is 1. The number of terminal acetylenes is 1. The van der Waals surface area contributed by atoms with Crippen LogP contribution in [-0.2, 0) is 16.6 Å². The molecule has 0 bridgehead atoms. The maximum Gasteiger partial charge on any atom is 0.254 e. The normalized spacial score (nSPS) is 10.9. The highest BCUT2D eigenvalue weighted by Crippen LogP contribution is 2.15. The summed E-state index contributed by atoms with van der Waals surface area (Å²) in [4.78, 5) is 14.7. The molecule has 0 atom stereocenters. The summed E-state index contributed by atoms with van der Waals surface area (Å²) in [5.74, 6) is 2.02. The second-order valence-corrected chi connectivity index (χ2v) is 7.54. The van der Waals surface area contributed by atoms with Gasteiger partial charge in [0.15, 0.2) is 0 Å². The van der Waals surface area contributed by atoms with E-state index in [0.29, 0.717) is 18.7 Å². The Labute approximate surface area is 155 Å². The summed E-state index contributed by atoms with van der Waals surface area (Å²) in [6.45, 7) is 2.95. The Morgan fingerprint density at radius 3 is 2.54 bits per heavy atom. The van der Waals surface area contributed by atoms with Crippen LogP contribution in [0, 0.1) is 12.3 Å². The predicted octanol–water partition coefficient (Wildman–Crippen LogP) is 2.65. The molecule has 1 amide bonds. The molecule has 0 aromatic heterocycles. The number of hydrogen-bond acceptors (Lipinski definition) is 3. The topological polar surface area (TPSA) is 66.5 Å². The molecular formula is C20H22N2O3S. The highest BCUT2D eigenvalue weighted by atomic mass is 32.2. The van der Waals surface area contributed by atoms with Crippen LogP contribution in [0.25, 0.3) is 0 Å². The summed E-state index contributed by atoms with van der Waals surface area (Å²) in [5, 5.41) is 0. The fourth-order valence-corrected chi connectivity index (χ4v) is 3.50. The highest BCUT2D eigenvalue weighted by Gasteiger charge is 2.19. The fourth-order valence-electron chi connectivity index (χ4n) is 2.52. The van der Waals surface area contributed by atoms with Gasteiger partial charge in [0.05, 0.1) is 11.4 Å². The first kappa shape index (κ1) is 19.7. The predicted molar refractivity (Wildman–Crippen MR) is 102 cm³/mol. The van der Waals surface area contributed by atoms with Crippen molar-refractivity contribution in [3.8, 4) is 12.3 Å². The second kappa shape index (κ2) is 9.18. The van der Waals surface area contributed by atoms with Crippen molar-refractivity contribution in [3.05, 3.63) is 65.7 Å². The molecule has 136 valence electrons. The zero-order valence-corrected chi connectivity index (χ0v) is 15.5. The van der Waals surface area contributed by atoms with Crippen molar-refractivity contribution in [2.45, 2.75) is 24.8 Å². The van der Waals surface area contributed by atoms with Gasteiger partial charge in [-0.1, -0.05) is 49.2 Å². The van der Waals surface area contributed by atoms with E-state index < -0.39 is 10.0 Å². The van der Waals surface area contributed by atoms with Gasteiger partial charge in [-0.15, -0.1) is 6.42 Å². The van der Waals surface area contributed by atoms with Gasteiger partial charge in [-0.25, -0.2) is 8.42 Å². The molecule has 0 aliphatic heterocycles. The number of benzene rings is 2. The van der Waals surface area contributed by atoms with Crippen LogP contribution < -0.4 is 4.72 Å². The first-order valence-corrected chi connectivity index (χ1v) is 9.82. The lowest BCUT2D eigenvalue weighted by Crippen LogP contribution is -2.31. The number of sulfonamides is 1. The van der Waals surface area contributed by atoms with Crippen molar-refractivity contribution in [1.82, 2.24) is 9.62 Å². The standard InChI is InChI=1S/C20H22N2O3S/c1-3-13-21-26(24,25)19-12-8-11-18(15-19)20(23)22(14-4-2)16-17-9-6-5-7-10-17/h1,5-12,15,21H,4,13-14,16H2,2H3. The quantitative estimate of drug-likeness (QED) is 0.727. The molecule has 6 heteroatoms. The van der Waals surface area contributed by atoms with Gasteiger partial charge < -0.3 is 4.90 Å². The smallest absolute Gasteiger partial charge is 0.254 e. The van der Waals surface area contributed by atoms with Gasteiger partial charge in [0.25, 0.3) is 5.91 Å². The summed E-state index contributed by atoms with van der Waals surface area (Å²) in [6.07, 6.45) is 5.91. The maximum atomic E-state index is 12.9. The van der Waals surface area contributed by atoms with E-state index >= 15 is 0 Å². The Kier molecular flexibility index (Phi) is 6.96. The molecule has 0 fully saturated rings. The summed E-state index contributed by atoms with van der Waals surface area (Å²) in [7, 11) is -3.74. The van der Waals surface area contributed by atoms with E-state index in [1.807, 2.05) is 37.3 Å². The van der Waals surface area contributed by atoms with E-state index in [1.54, 1.807) is 17.0 Å². The van der Waals surface area contributed by atoms with Gasteiger partial charge in [0.1, 0.15) is 0 Å². The SMILES string of the molecule is C#CCNS(=O)(=O)c1cccc(C(=O)N(CCC)Cc2ccccc2)c1. The van der Waals surface area contributed by atoms with Crippen molar-refractivity contribution in [1.29, 1.82) is 0 Å². The molecule has 2 aromatic carbocycles. The number of rotatable bonds is 8. The Balaban J connectivity index is 2.26. The van der Waals surface area contributed by atoms with Gasteiger partial charge in [-0.2, -0.15) is 4.72 Å². The average Bonchev–Trinajstić information content (AvgIpc) is 2.66. The van der Waals surface area contributed by atoms with E-state index in [2.05, 4.69) is 10.6 Å². The van der Waals surface area contributed by atoms with Gasteiger partial charge in [0, 0.05) is 18.7 Å². The third-order valence-electron chi connectivity index (χ3n) is 3.75. The molecule has 0 aliphatic rings. The molecule has 2 aromatic rings. The van der Waals surface area contributed by atoms with Crippen LogP contribution in [-0.4, -0.2) is 32.3 Å². The zero-order valence-electron chi connectivity index (χ0n) is 14.7. The molecular weight excluding hydrogens is 348 g/mol. The third kappa shape index (κ3) is 5.19. The van der Waals surface area contributed by atoms with Crippen molar-refractivity contribution in [2.75, 3.05) is 13.1 Å². The summed E-state index contributed by atoms with van der Waals surface area (Å²) < 4.78 is 26.7. The molecule has 5 nitrogen and oxygen atoms in total. The van der Waals surface area contributed by atoms with Crippen LogP contribution in [0.1, 0.15) is 29.3 Å². The molecule has 0 saturated heterocycles. The lowest BCUT2D eigenvalue weighted by Gasteiger charge is -2.22.